The van der Waals surface area contributed by atoms with Crippen LogP contribution in [0.1, 0.15) is 44.1 Å². The number of aliphatic imine (C=N–C) groups is 1. The molecule has 0 bridgehead atoms. The summed E-state index contributed by atoms with van der Waals surface area (Å²) in [5.41, 5.74) is 1.35. The summed E-state index contributed by atoms with van der Waals surface area (Å²) in [5.74, 6) is -0.0597. The topological polar surface area (TPSA) is 41.5 Å². The molecule has 0 saturated heterocycles. The van der Waals surface area contributed by atoms with E-state index >= 15 is 0 Å². The van der Waals surface area contributed by atoms with Gasteiger partial charge in [-0.3, -0.25) is 9.79 Å². The van der Waals surface area contributed by atoms with E-state index in [1.54, 1.807) is 6.07 Å². The summed E-state index contributed by atoms with van der Waals surface area (Å²) >= 11 is 5.72. The van der Waals surface area contributed by atoms with E-state index in [2.05, 4.69) is 16.9 Å². The quantitative estimate of drug-likeness (QED) is 0.473. The molecule has 1 saturated carbocycles. The second kappa shape index (κ2) is 8.25. The Labute approximate surface area is 141 Å². The van der Waals surface area contributed by atoms with Crippen LogP contribution in [0.5, 0.6) is 0 Å². The Morgan fingerprint density at radius 3 is 2.74 bits per heavy atom. The fraction of sp³-hybridized carbons (Fsp3) is 0.444. The number of halogens is 2. The number of carbonyl (C=O) groups excluding carboxylic acids is 1. The third-order valence-electron chi connectivity index (χ3n) is 4.32. The van der Waals surface area contributed by atoms with E-state index in [0.29, 0.717) is 12.2 Å². The van der Waals surface area contributed by atoms with Crippen molar-refractivity contribution in [2.24, 2.45) is 10.9 Å². The van der Waals surface area contributed by atoms with Gasteiger partial charge in [-0.15, -0.1) is 0 Å². The van der Waals surface area contributed by atoms with Crippen LogP contribution >= 0.6 is 11.6 Å². The molecule has 23 heavy (non-hydrogen) atoms. The summed E-state index contributed by atoms with van der Waals surface area (Å²) in [6.07, 6.45) is 4.84. The maximum absolute atomic E-state index is 13.6. The zero-order valence-corrected chi connectivity index (χ0v) is 14.1. The van der Waals surface area contributed by atoms with Crippen LogP contribution in [-0.4, -0.2) is 18.7 Å². The molecular weight excluding hydrogens is 315 g/mol. The van der Waals surface area contributed by atoms with Crippen molar-refractivity contribution in [1.82, 2.24) is 5.32 Å². The summed E-state index contributed by atoms with van der Waals surface area (Å²) < 4.78 is 13.6. The molecule has 1 aliphatic carbocycles. The van der Waals surface area contributed by atoms with Crippen molar-refractivity contribution < 1.29 is 9.18 Å². The third-order valence-corrected chi connectivity index (χ3v) is 4.63. The smallest absolute Gasteiger partial charge is 0.181 e. The minimum atomic E-state index is -0.379. The second-order valence-corrected chi connectivity index (χ2v) is 6.24. The molecule has 1 aliphatic rings. The molecule has 1 N–H and O–H groups in total. The maximum Gasteiger partial charge on any atom is 0.181 e. The predicted octanol–water partition coefficient (Wildman–Crippen LogP) is 4.47. The molecule has 124 valence electrons. The minimum absolute atomic E-state index is 0.0153. The number of carbonyl (C=O) groups is 1. The lowest BCUT2D eigenvalue weighted by molar-refractivity contribution is -0.120. The first kappa shape index (κ1) is 17.7. The van der Waals surface area contributed by atoms with Crippen LogP contribution in [0.25, 0.3) is 0 Å². The molecule has 0 amide bonds. The highest BCUT2D eigenvalue weighted by atomic mass is 35.5. The van der Waals surface area contributed by atoms with Gasteiger partial charge in [0.25, 0.3) is 0 Å². The first-order valence-electron chi connectivity index (χ1n) is 7.95. The fourth-order valence-electron chi connectivity index (χ4n) is 2.99. The molecule has 1 fully saturated rings. The summed E-state index contributed by atoms with van der Waals surface area (Å²) in [4.78, 5) is 16.3. The van der Waals surface area contributed by atoms with Gasteiger partial charge in [-0.05, 0) is 56.2 Å². The van der Waals surface area contributed by atoms with Crippen molar-refractivity contribution >= 4 is 23.7 Å². The normalized spacial score (nSPS) is 21.3. The molecule has 0 heterocycles. The number of rotatable bonds is 6. The number of hydrogen-bond donors (Lipinski definition) is 1. The Morgan fingerprint density at radius 2 is 2.13 bits per heavy atom. The lowest BCUT2D eigenvalue weighted by Crippen LogP contribution is -2.27. The summed E-state index contributed by atoms with van der Waals surface area (Å²) in [7, 11) is 0. The van der Waals surface area contributed by atoms with Crippen molar-refractivity contribution in [3.05, 3.63) is 46.9 Å². The number of benzene rings is 1. The number of ketones is 1. The van der Waals surface area contributed by atoms with Crippen molar-refractivity contribution in [1.29, 1.82) is 0 Å². The Balaban J connectivity index is 1.90. The number of nitrogens with one attached hydrogen (secondary N) is 1. The molecule has 2 rings (SSSR count). The van der Waals surface area contributed by atoms with Gasteiger partial charge in [-0.2, -0.15) is 0 Å². The van der Waals surface area contributed by atoms with Gasteiger partial charge in [0.05, 0.1) is 17.1 Å². The highest BCUT2D eigenvalue weighted by Crippen LogP contribution is 2.37. The van der Waals surface area contributed by atoms with Crippen LogP contribution in [0.4, 0.5) is 4.39 Å². The summed E-state index contributed by atoms with van der Waals surface area (Å²) in [5, 5.41) is 2.98. The lowest BCUT2D eigenvalue weighted by Gasteiger charge is -2.28. The Morgan fingerprint density at radius 1 is 1.43 bits per heavy atom. The van der Waals surface area contributed by atoms with Gasteiger partial charge in [-0.1, -0.05) is 24.2 Å². The summed E-state index contributed by atoms with van der Waals surface area (Å²) in [6.45, 7) is 6.37. The fourth-order valence-corrected chi connectivity index (χ4v) is 3.11. The molecule has 1 aromatic carbocycles. The van der Waals surface area contributed by atoms with E-state index in [1.807, 2.05) is 13.0 Å². The molecular formula is C18H22ClFN2O. The number of nitrogens with zero attached hydrogens (tertiary/aromatic N) is 1. The van der Waals surface area contributed by atoms with E-state index in [4.69, 9.17) is 11.6 Å². The van der Waals surface area contributed by atoms with Gasteiger partial charge in [0.2, 0.25) is 0 Å². The molecule has 0 atom stereocenters. The molecule has 0 radical (unpaired) electrons. The van der Waals surface area contributed by atoms with E-state index in [1.165, 1.54) is 12.4 Å². The molecule has 1 aromatic rings. The van der Waals surface area contributed by atoms with Crippen LogP contribution in [0, 0.1) is 11.7 Å². The van der Waals surface area contributed by atoms with Crippen LogP contribution in [-0.2, 0) is 4.79 Å². The lowest BCUT2D eigenvalue weighted by atomic mass is 9.77. The Bertz CT molecular complexity index is 607. The minimum Gasteiger partial charge on any atom is -0.344 e. The Hall–Kier alpha value is -1.68. The zero-order valence-electron chi connectivity index (χ0n) is 13.3. The average molecular weight is 337 g/mol. The molecule has 0 spiro atoms. The average Bonchev–Trinajstić information content (AvgIpc) is 2.57. The van der Waals surface area contributed by atoms with Crippen LogP contribution in [0.3, 0.4) is 0 Å². The number of Topliss-reactive ketones (excluding diaryl/α,β-unsaturated/α-hetero) is 1. The first-order valence-corrected chi connectivity index (χ1v) is 8.33. The maximum atomic E-state index is 13.6. The van der Waals surface area contributed by atoms with Gasteiger partial charge in [0.15, 0.2) is 5.78 Å². The standard InChI is InChI=1S/C18H22ClFN2O/c1-3-21-11-22-12(2)18(23)14-6-4-13(5-7-14)15-8-9-16(19)17(20)10-15/h8-11,13-14H,2-7H2,1H3,(H,21,22). The van der Waals surface area contributed by atoms with Gasteiger partial charge in [-0.25, -0.2) is 4.39 Å². The van der Waals surface area contributed by atoms with Gasteiger partial charge < -0.3 is 5.32 Å². The van der Waals surface area contributed by atoms with E-state index in [0.717, 1.165) is 31.2 Å². The van der Waals surface area contributed by atoms with E-state index < -0.39 is 0 Å². The van der Waals surface area contributed by atoms with Gasteiger partial charge >= 0.3 is 0 Å². The molecule has 3 nitrogen and oxygen atoms in total. The van der Waals surface area contributed by atoms with Crippen molar-refractivity contribution in [2.75, 3.05) is 6.54 Å². The summed E-state index contributed by atoms with van der Waals surface area (Å²) in [6, 6.07) is 4.99. The zero-order chi connectivity index (χ0) is 16.8. The van der Waals surface area contributed by atoms with Crippen molar-refractivity contribution in [3.63, 3.8) is 0 Å². The molecule has 0 unspecified atom stereocenters. The van der Waals surface area contributed by atoms with E-state index in [9.17, 15) is 9.18 Å². The van der Waals surface area contributed by atoms with Crippen LogP contribution < -0.4 is 5.32 Å². The monoisotopic (exact) mass is 336 g/mol. The van der Waals surface area contributed by atoms with E-state index in [-0.39, 0.29) is 28.5 Å². The molecule has 5 heteroatoms. The highest BCUT2D eigenvalue weighted by Gasteiger charge is 2.28. The first-order chi connectivity index (χ1) is 11.0. The molecule has 0 aromatic heterocycles. The SMILES string of the molecule is C=C(NC=NCC)C(=O)C1CCC(c2ccc(Cl)c(F)c2)CC1. The predicted molar refractivity (Wildman–Crippen MR) is 92.4 cm³/mol. The van der Waals surface area contributed by atoms with Crippen LogP contribution in [0.2, 0.25) is 5.02 Å². The number of allylic oxidation sites excluding steroid dienone is 1. The van der Waals surface area contributed by atoms with Crippen molar-refractivity contribution in [2.45, 2.75) is 38.5 Å². The second-order valence-electron chi connectivity index (χ2n) is 5.84. The van der Waals surface area contributed by atoms with Gasteiger partial charge in [0, 0.05) is 12.5 Å². The van der Waals surface area contributed by atoms with Gasteiger partial charge in [0.1, 0.15) is 5.82 Å². The largest absolute Gasteiger partial charge is 0.344 e. The molecule has 0 aliphatic heterocycles. The highest BCUT2D eigenvalue weighted by molar-refractivity contribution is 6.30. The van der Waals surface area contributed by atoms with Crippen molar-refractivity contribution in [3.8, 4) is 0 Å². The number of hydrogen-bond acceptors (Lipinski definition) is 2. The third kappa shape index (κ3) is 4.64. The Kier molecular flexibility index (Phi) is 6.34. The van der Waals surface area contributed by atoms with Crippen LogP contribution in [0.15, 0.2) is 35.5 Å².